The Morgan fingerprint density at radius 2 is 2.22 bits per heavy atom. The molecule has 1 amide bonds. The van der Waals surface area contributed by atoms with E-state index in [4.69, 9.17) is 11.6 Å². The van der Waals surface area contributed by atoms with Crippen molar-refractivity contribution in [1.29, 1.82) is 0 Å². The van der Waals surface area contributed by atoms with Gasteiger partial charge in [-0.2, -0.15) is 0 Å². The second-order valence-corrected chi connectivity index (χ2v) is 9.58. The van der Waals surface area contributed by atoms with E-state index in [0.29, 0.717) is 16.6 Å². The molecule has 3 N–H and O–H groups in total. The van der Waals surface area contributed by atoms with Crippen molar-refractivity contribution in [3.63, 3.8) is 0 Å². The molecule has 0 radical (unpaired) electrons. The number of thioether (sulfide) groups is 1. The Hall–Kier alpha value is -1.49. The molecule has 2 aromatic heterocycles. The van der Waals surface area contributed by atoms with E-state index in [9.17, 15) is 4.79 Å². The smallest absolute Gasteiger partial charge is 0.244 e. The predicted molar refractivity (Wildman–Crippen MR) is 111 cm³/mol. The maximum Gasteiger partial charge on any atom is 0.244 e. The summed E-state index contributed by atoms with van der Waals surface area (Å²) >= 11 is 10.8. The molecule has 6 nitrogen and oxygen atoms in total. The summed E-state index contributed by atoms with van der Waals surface area (Å²) in [6.45, 7) is 0. The largest absolute Gasteiger partial charge is 0.299 e. The van der Waals surface area contributed by atoms with Gasteiger partial charge in [-0.25, -0.2) is 10.9 Å². The minimum absolute atomic E-state index is 0.0331. The van der Waals surface area contributed by atoms with Crippen LogP contribution in [0, 0.1) is 0 Å². The van der Waals surface area contributed by atoms with Crippen LogP contribution < -0.4 is 16.2 Å². The molecule has 1 aliphatic heterocycles. The van der Waals surface area contributed by atoms with Crippen LogP contribution in [0.5, 0.6) is 0 Å². The van der Waals surface area contributed by atoms with Gasteiger partial charge in [-0.1, -0.05) is 52.9 Å². The standard InChI is InChI=1S/C17H16ClN5OS3/c18-11-4-1-3-10(7-11)13-8-14(21-20-13)15(24)19-16-22-23-17(27-16)26-9-12-5-2-6-25-12/h1-7,13-14,20-21H,8-9H2,(H,19,22,24). The molecule has 1 saturated heterocycles. The number of benzene rings is 1. The lowest BCUT2D eigenvalue weighted by Gasteiger charge is -2.09. The lowest BCUT2D eigenvalue weighted by Crippen LogP contribution is -2.39. The molecule has 10 heteroatoms. The van der Waals surface area contributed by atoms with E-state index in [-0.39, 0.29) is 18.0 Å². The normalized spacial score (nSPS) is 19.3. The van der Waals surface area contributed by atoms with Crippen LogP contribution in [0.2, 0.25) is 5.02 Å². The van der Waals surface area contributed by atoms with Crippen molar-refractivity contribution < 1.29 is 4.79 Å². The van der Waals surface area contributed by atoms with Gasteiger partial charge >= 0.3 is 0 Å². The van der Waals surface area contributed by atoms with E-state index in [1.165, 1.54) is 16.2 Å². The SMILES string of the molecule is O=C(Nc1nnc(SCc2cccs2)s1)C1CC(c2cccc(Cl)c2)NN1. The highest BCUT2D eigenvalue weighted by Gasteiger charge is 2.30. The Bertz CT molecular complexity index is 917. The van der Waals surface area contributed by atoms with Crippen LogP contribution in [0.4, 0.5) is 5.13 Å². The lowest BCUT2D eigenvalue weighted by molar-refractivity contribution is -0.117. The molecule has 0 bridgehead atoms. The second kappa shape index (κ2) is 8.68. The molecule has 1 aromatic carbocycles. The van der Waals surface area contributed by atoms with E-state index in [2.05, 4.69) is 37.8 Å². The van der Waals surface area contributed by atoms with Gasteiger partial charge in [0.25, 0.3) is 0 Å². The molecular formula is C17H16ClN5OS3. The highest BCUT2D eigenvalue weighted by atomic mass is 35.5. The lowest BCUT2D eigenvalue weighted by atomic mass is 10.0. The maximum atomic E-state index is 12.5. The Kier molecular flexibility index (Phi) is 6.06. The van der Waals surface area contributed by atoms with E-state index in [1.807, 2.05) is 30.3 Å². The summed E-state index contributed by atoms with van der Waals surface area (Å²) in [6, 6.07) is 11.5. The second-order valence-electron chi connectivity index (χ2n) is 5.91. The van der Waals surface area contributed by atoms with Crippen molar-refractivity contribution in [3.05, 3.63) is 57.2 Å². The number of anilines is 1. The van der Waals surface area contributed by atoms with Gasteiger partial charge in [0, 0.05) is 21.7 Å². The first-order chi connectivity index (χ1) is 13.2. The van der Waals surface area contributed by atoms with Gasteiger partial charge in [0.05, 0.1) is 0 Å². The highest BCUT2D eigenvalue weighted by Crippen LogP contribution is 2.30. The zero-order valence-corrected chi connectivity index (χ0v) is 17.2. The first-order valence-corrected chi connectivity index (χ1v) is 11.3. The molecule has 1 fully saturated rings. The van der Waals surface area contributed by atoms with Crippen molar-refractivity contribution in [2.75, 3.05) is 5.32 Å². The minimum Gasteiger partial charge on any atom is -0.299 e. The zero-order valence-electron chi connectivity index (χ0n) is 14.0. The molecule has 140 valence electrons. The summed E-state index contributed by atoms with van der Waals surface area (Å²) < 4.78 is 0.841. The summed E-state index contributed by atoms with van der Waals surface area (Å²) in [6.07, 6.45) is 0.630. The number of halogens is 1. The molecule has 4 rings (SSSR count). The van der Waals surface area contributed by atoms with Crippen LogP contribution in [0.1, 0.15) is 22.9 Å². The van der Waals surface area contributed by atoms with Crippen LogP contribution in [-0.2, 0) is 10.5 Å². The summed E-state index contributed by atoms with van der Waals surface area (Å²) in [7, 11) is 0. The molecule has 2 unspecified atom stereocenters. The zero-order chi connectivity index (χ0) is 18.6. The fraction of sp³-hybridized carbons (Fsp3) is 0.235. The summed E-state index contributed by atoms with van der Waals surface area (Å²) in [4.78, 5) is 13.8. The van der Waals surface area contributed by atoms with Crippen LogP contribution in [0.3, 0.4) is 0 Å². The van der Waals surface area contributed by atoms with Gasteiger partial charge in [-0.05, 0) is 35.6 Å². The van der Waals surface area contributed by atoms with Crippen LogP contribution in [-0.4, -0.2) is 22.1 Å². The van der Waals surface area contributed by atoms with E-state index < -0.39 is 0 Å². The van der Waals surface area contributed by atoms with Crippen molar-refractivity contribution in [2.24, 2.45) is 0 Å². The fourth-order valence-electron chi connectivity index (χ4n) is 2.71. The van der Waals surface area contributed by atoms with Gasteiger partial charge in [-0.3, -0.25) is 10.1 Å². The Labute approximate surface area is 173 Å². The van der Waals surface area contributed by atoms with Crippen molar-refractivity contribution >= 4 is 57.1 Å². The average molecular weight is 438 g/mol. The highest BCUT2D eigenvalue weighted by molar-refractivity contribution is 8.00. The van der Waals surface area contributed by atoms with Crippen LogP contribution >= 0.6 is 46.0 Å². The number of nitrogens with zero attached hydrogens (tertiary/aromatic N) is 2. The van der Waals surface area contributed by atoms with Gasteiger partial charge < -0.3 is 0 Å². The fourth-order valence-corrected chi connectivity index (χ4v) is 5.44. The number of rotatable bonds is 6. The average Bonchev–Trinajstić information content (AvgIpc) is 3.41. The number of hydrazine groups is 1. The molecule has 27 heavy (non-hydrogen) atoms. The number of carbonyl (C=O) groups is 1. The van der Waals surface area contributed by atoms with Gasteiger partial charge in [-0.15, -0.1) is 21.5 Å². The van der Waals surface area contributed by atoms with Crippen molar-refractivity contribution in [2.45, 2.75) is 28.6 Å². The van der Waals surface area contributed by atoms with Crippen LogP contribution in [0.25, 0.3) is 0 Å². The number of thiophene rings is 1. The molecule has 0 saturated carbocycles. The molecule has 1 aliphatic rings. The van der Waals surface area contributed by atoms with Gasteiger partial charge in [0.1, 0.15) is 6.04 Å². The third-order valence-electron chi connectivity index (χ3n) is 4.03. The predicted octanol–water partition coefficient (Wildman–Crippen LogP) is 4.09. The quantitative estimate of drug-likeness (QED) is 0.398. The minimum atomic E-state index is -0.347. The third-order valence-corrected chi connectivity index (χ3v) is 7.34. The van der Waals surface area contributed by atoms with Crippen molar-refractivity contribution in [3.8, 4) is 0 Å². The Morgan fingerprint density at radius 3 is 3.04 bits per heavy atom. The Balaban J connectivity index is 1.30. The number of amides is 1. The number of carbonyl (C=O) groups excluding carboxylic acids is 1. The molecule has 0 aliphatic carbocycles. The molecular weight excluding hydrogens is 422 g/mol. The third kappa shape index (κ3) is 4.87. The molecule has 2 atom stereocenters. The summed E-state index contributed by atoms with van der Waals surface area (Å²) in [5.74, 6) is 0.730. The topological polar surface area (TPSA) is 78.9 Å². The first-order valence-electron chi connectivity index (χ1n) is 8.23. The van der Waals surface area contributed by atoms with Crippen LogP contribution in [0.15, 0.2) is 46.1 Å². The van der Waals surface area contributed by atoms with E-state index in [1.54, 1.807) is 23.1 Å². The molecule has 3 heterocycles. The van der Waals surface area contributed by atoms with Gasteiger partial charge in [0.2, 0.25) is 11.0 Å². The molecule has 3 aromatic rings. The monoisotopic (exact) mass is 437 g/mol. The van der Waals surface area contributed by atoms with E-state index >= 15 is 0 Å². The van der Waals surface area contributed by atoms with E-state index in [0.717, 1.165) is 15.7 Å². The first kappa shape index (κ1) is 18.9. The van der Waals surface area contributed by atoms with Crippen molar-refractivity contribution in [1.82, 2.24) is 21.0 Å². The summed E-state index contributed by atoms with van der Waals surface area (Å²) in [5.41, 5.74) is 7.25. The number of hydrogen-bond donors (Lipinski definition) is 3. The number of nitrogens with one attached hydrogen (secondary N) is 3. The van der Waals surface area contributed by atoms with Gasteiger partial charge in [0.15, 0.2) is 4.34 Å². The maximum absolute atomic E-state index is 12.5. The summed E-state index contributed by atoms with van der Waals surface area (Å²) in [5, 5.41) is 14.3. The molecule has 0 spiro atoms. The number of hydrogen-bond acceptors (Lipinski definition) is 8. The Morgan fingerprint density at radius 1 is 1.30 bits per heavy atom. The number of aromatic nitrogens is 2.